The van der Waals surface area contributed by atoms with Crippen molar-refractivity contribution in [2.24, 2.45) is 11.3 Å². The molecule has 2 aliphatic heterocycles. The summed E-state index contributed by atoms with van der Waals surface area (Å²) in [5, 5.41) is 16.0. The molecule has 4 heterocycles. The summed E-state index contributed by atoms with van der Waals surface area (Å²) in [6.45, 7) is 12.5. The van der Waals surface area contributed by atoms with Crippen molar-refractivity contribution in [2.45, 2.75) is 70.6 Å². The Morgan fingerprint density at radius 3 is 2.54 bits per heavy atom. The van der Waals surface area contributed by atoms with Crippen LogP contribution in [0.2, 0.25) is 5.02 Å². The maximum atomic E-state index is 14.0. The number of hydrogen-bond donors (Lipinski definition) is 3. The number of aromatic amines is 1. The van der Waals surface area contributed by atoms with E-state index >= 15 is 0 Å². The molecular formula is C50H56ClF3N8O8S. The maximum Gasteiger partial charge on any atom is 0.416 e. The van der Waals surface area contributed by atoms with Crippen LogP contribution in [0.25, 0.3) is 16.6 Å². The van der Waals surface area contributed by atoms with Gasteiger partial charge in [0.05, 0.1) is 39.9 Å². The van der Waals surface area contributed by atoms with Crippen LogP contribution in [0.15, 0.2) is 89.6 Å². The zero-order valence-corrected chi connectivity index (χ0v) is 41.3. The number of alkyl halides is 3. The highest BCUT2D eigenvalue weighted by molar-refractivity contribution is 7.90. The summed E-state index contributed by atoms with van der Waals surface area (Å²) in [5.41, 5.74) is 2.61. The van der Waals surface area contributed by atoms with Crippen molar-refractivity contribution in [3.63, 3.8) is 0 Å². The van der Waals surface area contributed by atoms with Gasteiger partial charge in [-0.15, -0.1) is 0 Å². The lowest BCUT2D eigenvalue weighted by atomic mass is 9.72. The fourth-order valence-electron chi connectivity index (χ4n) is 9.29. The minimum Gasteiger partial charge on any atom is -0.455 e. The van der Waals surface area contributed by atoms with Crippen molar-refractivity contribution in [3.05, 3.63) is 117 Å². The molecule has 1 atom stereocenters. The Morgan fingerprint density at radius 1 is 1.04 bits per heavy atom. The van der Waals surface area contributed by atoms with Crippen molar-refractivity contribution >= 4 is 67.1 Å². The maximum absolute atomic E-state index is 14.0. The zero-order chi connectivity index (χ0) is 50.8. The van der Waals surface area contributed by atoms with E-state index in [1.54, 1.807) is 35.4 Å². The van der Waals surface area contributed by atoms with E-state index in [0.29, 0.717) is 82.2 Å². The molecular weight excluding hydrogens is 965 g/mol. The van der Waals surface area contributed by atoms with Crippen molar-refractivity contribution in [2.75, 3.05) is 69.2 Å². The number of aromatic nitrogens is 2. The van der Waals surface area contributed by atoms with Crippen LogP contribution >= 0.6 is 11.6 Å². The Morgan fingerprint density at radius 2 is 1.82 bits per heavy atom. The number of H-pyrrole nitrogens is 1. The number of piperazine rings is 1. The molecule has 16 nitrogen and oxygen atoms in total. The monoisotopic (exact) mass is 1020 g/mol. The van der Waals surface area contributed by atoms with Crippen molar-refractivity contribution < 1.29 is 45.6 Å². The number of nitro groups is 1. The smallest absolute Gasteiger partial charge is 0.416 e. The number of fused-ring (bicyclic) bond motifs is 1. The van der Waals surface area contributed by atoms with Gasteiger partial charge in [-0.3, -0.25) is 24.6 Å². The normalized spacial score (nSPS) is 18.0. The first kappa shape index (κ1) is 51.1. The van der Waals surface area contributed by atoms with Gasteiger partial charge in [-0.05, 0) is 90.8 Å². The molecule has 1 unspecified atom stereocenters. The lowest BCUT2D eigenvalue weighted by molar-refractivity contribution is -0.384. The highest BCUT2D eigenvalue weighted by Gasteiger charge is 2.34. The van der Waals surface area contributed by atoms with Crippen LogP contribution < -0.4 is 19.7 Å². The summed E-state index contributed by atoms with van der Waals surface area (Å²) >= 11 is 6.54. The van der Waals surface area contributed by atoms with Gasteiger partial charge in [-0.2, -0.15) is 13.2 Å². The van der Waals surface area contributed by atoms with E-state index < -0.39 is 43.2 Å². The molecule has 2 saturated heterocycles. The van der Waals surface area contributed by atoms with Gasteiger partial charge in [0.2, 0.25) is 5.91 Å². The van der Waals surface area contributed by atoms with Crippen LogP contribution in [0.1, 0.15) is 74.9 Å². The quantitative estimate of drug-likeness (QED) is 0.0666. The molecule has 2 aromatic heterocycles. The third-order valence-corrected chi connectivity index (χ3v) is 14.8. The first-order chi connectivity index (χ1) is 33.6. The number of anilines is 2. The van der Waals surface area contributed by atoms with E-state index in [9.17, 15) is 41.3 Å². The fourth-order valence-corrected chi connectivity index (χ4v) is 10.6. The van der Waals surface area contributed by atoms with Crippen LogP contribution in [0.5, 0.6) is 11.5 Å². The molecule has 5 aromatic rings. The number of halogens is 4. The van der Waals surface area contributed by atoms with Crippen molar-refractivity contribution in [1.29, 1.82) is 0 Å². The Kier molecular flexibility index (Phi) is 15.0. The molecule has 378 valence electrons. The predicted molar refractivity (Wildman–Crippen MR) is 264 cm³/mol. The summed E-state index contributed by atoms with van der Waals surface area (Å²) in [7, 11) is -4.67. The molecule has 3 aliphatic rings. The van der Waals surface area contributed by atoms with Gasteiger partial charge in [0.1, 0.15) is 22.8 Å². The molecule has 71 heavy (non-hydrogen) atoms. The average Bonchev–Trinajstić information content (AvgIpc) is 3.80. The molecule has 21 heteroatoms. The number of carbonyl (C=O) groups excluding carboxylic acids is 2. The third-order valence-electron chi connectivity index (χ3n) is 13.2. The number of hydrogen-bond acceptors (Lipinski definition) is 12. The van der Waals surface area contributed by atoms with Gasteiger partial charge in [-0.1, -0.05) is 50.9 Å². The summed E-state index contributed by atoms with van der Waals surface area (Å²) in [6.07, 6.45) is 1.19. The van der Waals surface area contributed by atoms with Crippen LogP contribution in [0.4, 0.5) is 30.2 Å². The zero-order valence-electron chi connectivity index (χ0n) is 39.8. The second-order valence-corrected chi connectivity index (χ2v) is 21.4. The number of sulfonamides is 1. The van der Waals surface area contributed by atoms with Gasteiger partial charge in [0.25, 0.3) is 21.6 Å². The van der Waals surface area contributed by atoms with Gasteiger partial charge in [0, 0.05) is 92.7 Å². The Balaban J connectivity index is 0.975. The van der Waals surface area contributed by atoms with E-state index in [4.69, 9.17) is 21.1 Å². The topological polar surface area (TPSA) is 192 Å². The van der Waals surface area contributed by atoms with Gasteiger partial charge >= 0.3 is 6.18 Å². The summed E-state index contributed by atoms with van der Waals surface area (Å²) in [4.78, 5) is 51.1. The number of rotatable bonds is 15. The summed E-state index contributed by atoms with van der Waals surface area (Å²) in [6, 6.07) is 15.2. The molecule has 0 saturated carbocycles. The number of benzene rings is 3. The number of nitrogens with zero attached hydrogens (tertiary/aromatic N) is 5. The number of nitro benzene ring substituents is 1. The second kappa shape index (κ2) is 20.9. The van der Waals surface area contributed by atoms with E-state index in [-0.39, 0.29) is 57.7 Å². The number of morpholine rings is 1. The molecule has 1 aliphatic carbocycles. The molecule has 3 aromatic carbocycles. The van der Waals surface area contributed by atoms with E-state index in [1.807, 2.05) is 13.8 Å². The predicted octanol–water partition coefficient (Wildman–Crippen LogP) is 9.53. The van der Waals surface area contributed by atoms with Crippen LogP contribution in [0.3, 0.4) is 0 Å². The lowest BCUT2D eigenvalue weighted by Gasteiger charge is -2.39. The van der Waals surface area contributed by atoms with Gasteiger partial charge < -0.3 is 29.6 Å². The summed E-state index contributed by atoms with van der Waals surface area (Å²) < 4.78 is 82.3. The number of nitrogens with one attached hydrogen (secondary N) is 3. The van der Waals surface area contributed by atoms with Crippen molar-refractivity contribution in [3.8, 4) is 11.5 Å². The van der Waals surface area contributed by atoms with Crippen molar-refractivity contribution in [1.82, 2.24) is 24.5 Å². The number of allylic oxidation sites excluding steroid dienone is 1. The average molecular weight is 1020 g/mol. The Hall–Kier alpha value is -6.22. The highest BCUT2D eigenvalue weighted by atomic mass is 35.5. The van der Waals surface area contributed by atoms with Crippen LogP contribution in [-0.4, -0.2) is 110 Å². The third kappa shape index (κ3) is 12.1. The van der Waals surface area contributed by atoms with E-state index in [2.05, 4.69) is 43.7 Å². The van der Waals surface area contributed by atoms with E-state index in [1.165, 1.54) is 30.5 Å². The lowest BCUT2D eigenvalue weighted by Crippen LogP contribution is -2.47. The number of pyridine rings is 1. The Labute approximate surface area is 414 Å². The summed E-state index contributed by atoms with van der Waals surface area (Å²) in [5.74, 6) is -0.873. The standard InChI is InChI=1S/C50H56ClF3N8O8S/c1-31(2)48(64)61-21-22-69-36(30-61)13-16-55-43-10-7-38(26-44(43)62(65)66)71(67,68)58-47(63)40-9-6-35(25-45(40)70-37-23-32-12-15-56-46(32)57-28-37)60-19-17-59(18-20-60)29-33-11-14-49(3,4)27-41(33)39-8-5-34(24-42(39)51)50(52,53)54/h5-10,12,15,23-26,28,31,36,55H,11,13-14,16-22,27,29-30H2,1-4H3,(H,56,57)(H,58,63). The molecule has 2 amide bonds. The van der Waals surface area contributed by atoms with Crippen LogP contribution in [0, 0.1) is 21.4 Å². The highest BCUT2D eigenvalue weighted by Crippen LogP contribution is 2.46. The van der Waals surface area contributed by atoms with Gasteiger partial charge in [0.15, 0.2) is 0 Å². The number of amides is 2. The number of carbonyl (C=O) groups is 2. The minimum atomic E-state index is -4.67. The van der Waals surface area contributed by atoms with Crippen LogP contribution in [-0.2, 0) is 25.7 Å². The fraction of sp³-hybridized carbons (Fsp3) is 0.420. The number of ether oxygens (including phenoxy) is 2. The first-order valence-corrected chi connectivity index (χ1v) is 25.3. The Bertz CT molecular complexity index is 2970. The van der Waals surface area contributed by atoms with E-state index in [0.717, 1.165) is 47.6 Å². The second-order valence-electron chi connectivity index (χ2n) is 19.3. The largest absolute Gasteiger partial charge is 0.455 e. The first-order valence-electron chi connectivity index (χ1n) is 23.4. The van der Waals surface area contributed by atoms with Gasteiger partial charge in [-0.25, -0.2) is 18.1 Å². The molecule has 2 fully saturated rings. The minimum absolute atomic E-state index is 0.0184. The molecule has 8 rings (SSSR count). The SMILES string of the molecule is CC(C)C(=O)N1CCOC(CCNc2ccc(S(=O)(=O)NC(=O)c3ccc(N4CCN(CC5=C(c6ccc(C(F)(F)F)cc6Cl)CC(C)(C)CC5)CC4)cc3Oc3cnc4[nH]ccc4c3)cc2[N+](=O)[O-])C1. The molecule has 0 radical (unpaired) electrons. The molecule has 0 spiro atoms. The molecule has 0 bridgehead atoms. The molecule has 3 N–H and O–H groups in total.